The highest BCUT2D eigenvalue weighted by Crippen LogP contribution is 2.48. The molecule has 3 fully saturated rings. The van der Waals surface area contributed by atoms with Gasteiger partial charge in [-0.25, -0.2) is 18.4 Å². The Morgan fingerprint density at radius 1 is 1.20 bits per heavy atom. The van der Waals surface area contributed by atoms with Crippen molar-refractivity contribution in [2.24, 2.45) is 11.8 Å². The standard InChI is InChI=1S/C19H22F2N4O5/c1-9(26)22-5-11-6-25(19(28)30-11)10-3-14(20)17(15(21)4-10)24-7-12-13(8-24)16(12)23-18(27)29-2/h3-4,11-13,16H,5-8H2,1-2H3,(H,22,26)(H,23,27)/t11-,12-,13+,16?/m0/s1. The van der Waals surface area contributed by atoms with E-state index in [9.17, 15) is 23.2 Å². The Balaban J connectivity index is 1.42. The maximum absolute atomic E-state index is 14.8. The van der Waals surface area contributed by atoms with E-state index in [1.807, 2.05) is 0 Å². The monoisotopic (exact) mass is 424 g/mol. The molecule has 3 aliphatic rings. The third-order valence-electron chi connectivity index (χ3n) is 5.75. The Morgan fingerprint density at radius 2 is 1.83 bits per heavy atom. The van der Waals surface area contributed by atoms with Crippen LogP contribution in [0.4, 0.5) is 29.7 Å². The number of fused-ring (bicyclic) bond motifs is 1. The lowest BCUT2D eigenvalue weighted by molar-refractivity contribution is -0.119. The lowest BCUT2D eigenvalue weighted by Crippen LogP contribution is -2.35. The molecule has 9 nitrogen and oxygen atoms in total. The molecule has 1 aliphatic carbocycles. The zero-order chi connectivity index (χ0) is 21.6. The van der Waals surface area contributed by atoms with Gasteiger partial charge in [-0.15, -0.1) is 0 Å². The molecular weight excluding hydrogens is 402 g/mol. The fraction of sp³-hybridized carbons (Fsp3) is 0.526. The molecular formula is C19H22F2N4O5. The third kappa shape index (κ3) is 3.71. The van der Waals surface area contributed by atoms with Gasteiger partial charge in [0.15, 0.2) is 11.6 Å². The minimum absolute atomic E-state index is 0.0426. The van der Waals surface area contributed by atoms with E-state index in [0.717, 1.165) is 17.0 Å². The Labute approximate surface area is 171 Å². The largest absolute Gasteiger partial charge is 0.453 e. The van der Waals surface area contributed by atoms with Crippen molar-refractivity contribution in [3.63, 3.8) is 0 Å². The Kier molecular flexibility index (Phi) is 5.12. The average molecular weight is 424 g/mol. The molecule has 2 aliphatic heterocycles. The van der Waals surface area contributed by atoms with Crippen LogP contribution in [0.25, 0.3) is 0 Å². The lowest BCUT2D eigenvalue weighted by Gasteiger charge is -2.24. The Bertz CT molecular complexity index is 863. The normalized spacial score (nSPS) is 26.9. The van der Waals surface area contributed by atoms with Crippen LogP contribution < -0.4 is 20.4 Å². The summed E-state index contributed by atoms with van der Waals surface area (Å²) in [4.78, 5) is 37.1. The van der Waals surface area contributed by atoms with E-state index in [2.05, 4.69) is 15.4 Å². The van der Waals surface area contributed by atoms with Crippen molar-refractivity contribution < 1.29 is 32.6 Å². The predicted octanol–water partition coefficient (Wildman–Crippen LogP) is 1.22. The number of piperidine rings is 1. The molecule has 11 heteroatoms. The molecule has 0 radical (unpaired) electrons. The summed E-state index contributed by atoms with van der Waals surface area (Å²) in [6, 6.07) is 2.17. The van der Waals surface area contributed by atoms with Crippen molar-refractivity contribution in [1.29, 1.82) is 0 Å². The highest BCUT2D eigenvalue weighted by Gasteiger charge is 2.57. The molecule has 4 atom stereocenters. The number of methoxy groups -OCH3 is 1. The van der Waals surface area contributed by atoms with Crippen LogP contribution >= 0.6 is 0 Å². The predicted molar refractivity (Wildman–Crippen MR) is 101 cm³/mol. The van der Waals surface area contributed by atoms with Crippen molar-refractivity contribution in [3.8, 4) is 0 Å². The number of nitrogens with zero attached hydrogens (tertiary/aromatic N) is 2. The summed E-state index contributed by atoms with van der Waals surface area (Å²) in [6.07, 6.45) is -1.84. The minimum atomic E-state index is -0.776. The molecule has 0 aromatic heterocycles. The number of amides is 3. The summed E-state index contributed by atoms with van der Waals surface area (Å²) in [5.74, 6) is -1.58. The third-order valence-corrected chi connectivity index (χ3v) is 5.75. The molecule has 2 heterocycles. The Hall–Kier alpha value is -3.11. The first kappa shape index (κ1) is 20.2. The first-order chi connectivity index (χ1) is 14.3. The van der Waals surface area contributed by atoms with Crippen LogP contribution in [0.15, 0.2) is 12.1 Å². The van der Waals surface area contributed by atoms with Crippen LogP contribution in [0, 0.1) is 23.5 Å². The number of cyclic esters (lactones) is 1. The molecule has 2 saturated heterocycles. The van der Waals surface area contributed by atoms with Crippen molar-refractivity contribution in [2.75, 3.05) is 43.1 Å². The summed E-state index contributed by atoms with van der Waals surface area (Å²) < 4.78 is 39.3. The average Bonchev–Trinajstić information content (AvgIpc) is 3.03. The smallest absolute Gasteiger partial charge is 0.414 e. The number of alkyl carbamates (subject to hydrolysis) is 1. The first-order valence-electron chi connectivity index (χ1n) is 9.59. The number of carbonyl (C=O) groups excluding carboxylic acids is 3. The van der Waals surface area contributed by atoms with Gasteiger partial charge in [0.25, 0.3) is 0 Å². The highest BCUT2D eigenvalue weighted by molar-refractivity contribution is 5.90. The van der Waals surface area contributed by atoms with Gasteiger partial charge >= 0.3 is 12.2 Å². The second-order valence-corrected chi connectivity index (χ2v) is 7.71. The van der Waals surface area contributed by atoms with E-state index >= 15 is 0 Å². The summed E-state index contributed by atoms with van der Waals surface area (Å²) in [5, 5.41) is 5.26. The van der Waals surface area contributed by atoms with Gasteiger partial charge in [0.05, 0.1) is 25.9 Å². The van der Waals surface area contributed by atoms with Gasteiger partial charge in [0, 0.05) is 50.0 Å². The van der Waals surface area contributed by atoms with Crippen molar-refractivity contribution in [3.05, 3.63) is 23.8 Å². The first-order valence-corrected chi connectivity index (χ1v) is 9.59. The quantitative estimate of drug-likeness (QED) is 0.737. The summed E-state index contributed by atoms with van der Waals surface area (Å²) in [6.45, 7) is 2.37. The molecule has 2 N–H and O–H groups in total. The van der Waals surface area contributed by atoms with E-state index in [1.54, 1.807) is 4.90 Å². The number of halogens is 2. The second-order valence-electron chi connectivity index (χ2n) is 7.71. The zero-order valence-corrected chi connectivity index (χ0v) is 16.5. The maximum Gasteiger partial charge on any atom is 0.414 e. The van der Waals surface area contributed by atoms with Gasteiger partial charge in [-0.05, 0) is 0 Å². The fourth-order valence-corrected chi connectivity index (χ4v) is 4.22. The van der Waals surface area contributed by atoms with E-state index < -0.39 is 29.9 Å². The number of hydrogen-bond donors (Lipinski definition) is 2. The SMILES string of the molecule is COC(=O)NC1[C@H]2CN(c3c(F)cc(N4C[C@H](CNC(C)=O)OC4=O)cc3F)C[C@@H]12. The molecule has 162 valence electrons. The van der Waals surface area contributed by atoms with Crippen LogP contribution in [-0.2, 0) is 14.3 Å². The molecule has 1 aromatic carbocycles. The van der Waals surface area contributed by atoms with Gasteiger partial charge in [0.1, 0.15) is 11.8 Å². The summed E-state index contributed by atoms with van der Waals surface area (Å²) >= 11 is 0. The zero-order valence-electron chi connectivity index (χ0n) is 16.5. The second kappa shape index (κ2) is 7.62. The molecule has 1 aromatic rings. The van der Waals surface area contributed by atoms with Crippen molar-refractivity contribution >= 4 is 29.5 Å². The number of hydrogen-bond acceptors (Lipinski definition) is 6. The van der Waals surface area contributed by atoms with Crippen LogP contribution in [-0.4, -0.2) is 63.5 Å². The maximum atomic E-state index is 14.8. The molecule has 1 unspecified atom stereocenters. The number of carbonyl (C=O) groups is 3. The molecule has 4 rings (SSSR count). The van der Waals surface area contributed by atoms with Crippen LogP contribution in [0.1, 0.15) is 6.92 Å². The van der Waals surface area contributed by atoms with Crippen molar-refractivity contribution in [1.82, 2.24) is 10.6 Å². The van der Waals surface area contributed by atoms with E-state index in [-0.39, 0.29) is 48.2 Å². The van der Waals surface area contributed by atoms with Gasteiger partial charge < -0.3 is 25.0 Å². The number of rotatable bonds is 5. The molecule has 30 heavy (non-hydrogen) atoms. The van der Waals surface area contributed by atoms with Crippen molar-refractivity contribution in [2.45, 2.75) is 19.1 Å². The lowest BCUT2D eigenvalue weighted by atomic mass is 10.2. The number of benzene rings is 1. The van der Waals surface area contributed by atoms with Crippen LogP contribution in [0.2, 0.25) is 0 Å². The van der Waals surface area contributed by atoms with E-state index in [4.69, 9.17) is 4.74 Å². The minimum Gasteiger partial charge on any atom is -0.453 e. The topological polar surface area (TPSA) is 100 Å². The summed E-state index contributed by atoms with van der Waals surface area (Å²) in [5.41, 5.74) is -0.0937. The van der Waals surface area contributed by atoms with Gasteiger partial charge in [-0.2, -0.15) is 0 Å². The number of anilines is 2. The highest BCUT2D eigenvalue weighted by atomic mass is 19.1. The van der Waals surface area contributed by atoms with E-state index in [1.165, 1.54) is 14.0 Å². The van der Waals surface area contributed by atoms with Gasteiger partial charge in [-0.1, -0.05) is 0 Å². The van der Waals surface area contributed by atoms with E-state index in [0.29, 0.717) is 13.1 Å². The van der Waals surface area contributed by atoms with Gasteiger partial charge in [-0.3, -0.25) is 9.69 Å². The molecule has 3 amide bonds. The summed E-state index contributed by atoms with van der Waals surface area (Å²) in [7, 11) is 1.28. The van der Waals surface area contributed by atoms with Crippen LogP contribution in [0.3, 0.4) is 0 Å². The molecule has 0 spiro atoms. The van der Waals surface area contributed by atoms with Gasteiger partial charge in [0.2, 0.25) is 5.91 Å². The number of nitrogens with one attached hydrogen (secondary N) is 2. The number of ether oxygens (including phenoxy) is 2. The molecule has 0 bridgehead atoms. The molecule has 1 saturated carbocycles. The fourth-order valence-electron chi connectivity index (χ4n) is 4.22. The van der Waals surface area contributed by atoms with Crippen LogP contribution in [0.5, 0.6) is 0 Å². The Morgan fingerprint density at radius 3 is 2.40 bits per heavy atom.